The lowest BCUT2D eigenvalue weighted by Crippen LogP contribution is -2.04. The molecule has 13 heavy (non-hydrogen) atoms. The quantitative estimate of drug-likeness (QED) is 0.853. The number of nitrogens with zero attached hydrogens (tertiary/aromatic N) is 3. The van der Waals surface area contributed by atoms with Crippen molar-refractivity contribution in [1.82, 2.24) is 14.6 Å². The summed E-state index contributed by atoms with van der Waals surface area (Å²) in [5.41, 5.74) is 7.38. The molecule has 68 valence electrons. The molecule has 2 aromatic heterocycles. The van der Waals surface area contributed by atoms with Gasteiger partial charge in [-0.15, -0.1) is 0 Å². The summed E-state index contributed by atoms with van der Waals surface area (Å²) in [5, 5.41) is 4.13. The summed E-state index contributed by atoms with van der Waals surface area (Å²) in [6, 6.07) is 0. The highest BCUT2D eigenvalue weighted by Crippen LogP contribution is 2.14. The number of halogens is 1. The van der Waals surface area contributed by atoms with Gasteiger partial charge in [0.15, 0.2) is 5.65 Å². The van der Waals surface area contributed by atoms with E-state index in [-0.39, 0.29) is 0 Å². The van der Waals surface area contributed by atoms with E-state index >= 15 is 0 Å². The number of rotatable bonds is 2. The van der Waals surface area contributed by atoms with Crippen LogP contribution in [-0.2, 0) is 6.42 Å². The summed E-state index contributed by atoms with van der Waals surface area (Å²) < 4.78 is 2.65. The lowest BCUT2D eigenvalue weighted by atomic mass is 10.2. The first-order valence-corrected chi connectivity index (χ1v) is 4.78. The Labute approximate surface area is 83.9 Å². The van der Waals surface area contributed by atoms with Crippen LogP contribution in [0.4, 0.5) is 0 Å². The molecule has 0 unspecified atom stereocenters. The standard InChI is InChI=1S/C8H9BrN4/c9-7-4-12-13-5-6(1-2-10)3-11-8(7)13/h3-5H,1-2,10H2. The van der Waals surface area contributed by atoms with Crippen molar-refractivity contribution in [3.05, 3.63) is 28.6 Å². The van der Waals surface area contributed by atoms with E-state index in [1.165, 1.54) is 0 Å². The third kappa shape index (κ3) is 1.57. The highest BCUT2D eigenvalue weighted by atomic mass is 79.9. The van der Waals surface area contributed by atoms with Gasteiger partial charge in [-0.1, -0.05) is 0 Å². The molecule has 0 atom stereocenters. The zero-order valence-corrected chi connectivity index (χ0v) is 8.53. The minimum atomic E-state index is 0.635. The van der Waals surface area contributed by atoms with Crippen molar-refractivity contribution in [2.24, 2.45) is 5.73 Å². The van der Waals surface area contributed by atoms with Gasteiger partial charge in [-0.3, -0.25) is 0 Å². The van der Waals surface area contributed by atoms with Gasteiger partial charge in [-0.25, -0.2) is 9.50 Å². The van der Waals surface area contributed by atoms with Crippen molar-refractivity contribution < 1.29 is 0 Å². The molecule has 0 saturated carbocycles. The Balaban J connectivity index is 2.50. The molecule has 2 heterocycles. The van der Waals surface area contributed by atoms with Crippen molar-refractivity contribution in [2.45, 2.75) is 6.42 Å². The molecule has 5 heteroatoms. The van der Waals surface area contributed by atoms with Crippen molar-refractivity contribution in [3.63, 3.8) is 0 Å². The summed E-state index contributed by atoms with van der Waals surface area (Å²) in [5.74, 6) is 0. The molecule has 2 aromatic rings. The molecule has 2 rings (SSSR count). The van der Waals surface area contributed by atoms with Crippen LogP contribution in [-0.4, -0.2) is 21.1 Å². The smallest absolute Gasteiger partial charge is 0.169 e. The molecular formula is C8H9BrN4. The minimum absolute atomic E-state index is 0.635. The van der Waals surface area contributed by atoms with Crippen molar-refractivity contribution in [3.8, 4) is 0 Å². The lowest BCUT2D eigenvalue weighted by molar-refractivity contribution is 0.885. The highest BCUT2D eigenvalue weighted by Gasteiger charge is 2.02. The zero-order chi connectivity index (χ0) is 9.26. The average molecular weight is 241 g/mol. The van der Waals surface area contributed by atoms with Gasteiger partial charge in [0.25, 0.3) is 0 Å². The van der Waals surface area contributed by atoms with Gasteiger partial charge in [-0.2, -0.15) is 5.10 Å². The van der Waals surface area contributed by atoms with E-state index < -0.39 is 0 Å². The molecule has 0 spiro atoms. The number of aromatic nitrogens is 3. The Hall–Kier alpha value is -0.940. The molecule has 2 N–H and O–H groups in total. The maximum absolute atomic E-state index is 5.44. The van der Waals surface area contributed by atoms with Crippen LogP contribution in [0.2, 0.25) is 0 Å². The Kier molecular flexibility index (Phi) is 2.28. The van der Waals surface area contributed by atoms with Crippen LogP contribution in [0.5, 0.6) is 0 Å². The van der Waals surface area contributed by atoms with Gasteiger partial charge in [0, 0.05) is 12.4 Å². The van der Waals surface area contributed by atoms with Crippen LogP contribution >= 0.6 is 15.9 Å². The first-order valence-electron chi connectivity index (χ1n) is 3.99. The van der Waals surface area contributed by atoms with Crippen molar-refractivity contribution in [1.29, 1.82) is 0 Å². The van der Waals surface area contributed by atoms with Crippen LogP contribution < -0.4 is 5.73 Å². The second-order valence-electron chi connectivity index (χ2n) is 2.76. The fraction of sp³-hybridized carbons (Fsp3) is 0.250. The molecule has 0 radical (unpaired) electrons. The molecule has 0 fully saturated rings. The van der Waals surface area contributed by atoms with Gasteiger partial charge < -0.3 is 5.73 Å². The molecule has 0 aliphatic heterocycles. The summed E-state index contributed by atoms with van der Waals surface area (Å²) in [4.78, 5) is 4.26. The van der Waals surface area contributed by atoms with Crippen LogP contribution in [0.15, 0.2) is 23.1 Å². The van der Waals surface area contributed by atoms with Gasteiger partial charge in [0.1, 0.15) is 0 Å². The highest BCUT2D eigenvalue weighted by molar-refractivity contribution is 9.10. The van der Waals surface area contributed by atoms with E-state index in [2.05, 4.69) is 26.0 Å². The number of hydrogen-bond acceptors (Lipinski definition) is 3. The van der Waals surface area contributed by atoms with Crippen LogP contribution in [0.3, 0.4) is 0 Å². The second kappa shape index (κ2) is 3.43. The zero-order valence-electron chi connectivity index (χ0n) is 6.94. The van der Waals surface area contributed by atoms with Crippen LogP contribution in [0.1, 0.15) is 5.56 Å². The Bertz CT molecular complexity index is 423. The average Bonchev–Trinajstić information content (AvgIpc) is 2.48. The van der Waals surface area contributed by atoms with Crippen molar-refractivity contribution >= 4 is 21.6 Å². The third-order valence-corrected chi connectivity index (χ3v) is 2.36. The first kappa shape index (κ1) is 8.65. The fourth-order valence-electron chi connectivity index (χ4n) is 1.18. The van der Waals surface area contributed by atoms with E-state index in [9.17, 15) is 0 Å². The van der Waals surface area contributed by atoms with E-state index in [1.54, 1.807) is 10.7 Å². The fourth-order valence-corrected chi connectivity index (χ4v) is 1.56. The molecule has 0 saturated heterocycles. The van der Waals surface area contributed by atoms with Gasteiger partial charge in [0.2, 0.25) is 0 Å². The summed E-state index contributed by atoms with van der Waals surface area (Å²) in [7, 11) is 0. The number of hydrogen-bond donors (Lipinski definition) is 1. The van der Waals surface area contributed by atoms with Crippen LogP contribution in [0, 0.1) is 0 Å². The molecule has 0 bridgehead atoms. The minimum Gasteiger partial charge on any atom is -0.330 e. The van der Waals surface area contributed by atoms with E-state index in [4.69, 9.17) is 5.73 Å². The van der Waals surface area contributed by atoms with Crippen LogP contribution in [0.25, 0.3) is 5.65 Å². The summed E-state index contributed by atoms with van der Waals surface area (Å²) >= 11 is 3.36. The molecule has 0 aromatic carbocycles. The molecule has 0 aliphatic rings. The normalized spacial score (nSPS) is 10.9. The van der Waals surface area contributed by atoms with Gasteiger partial charge in [0.05, 0.1) is 10.7 Å². The van der Waals surface area contributed by atoms with Gasteiger partial charge in [-0.05, 0) is 34.5 Å². The SMILES string of the molecule is NCCc1cnc2c(Br)cnn2c1. The van der Waals surface area contributed by atoms with Crippen molar-refractivity contribution in [2.75, 3.05) is 6.54 Å². The summed E-state index contributed by atoms with van der Waals surface area (Å²) in [6.07, 6.45) is 6.34. The largest absolute Gasteiger partial charge is 0.330 e. The molecule has 0 aliphatic carbocycles. The second-order valence-corrected chi connectivity index (χ2v) is 3.62. The monoisotopic (exact) mass is 240 g/mol. The topological polar surface area (TPSA) is 56.2 Å². The third-order valence-electron chi connectivity index (χ3n) is 1.80. The van der Waals surface area contributed by atoms with E-state index in [1.807, 2.05) is 12.4 Å². The summed E-state index contributed by atoms with van der Waals surface area (Å²) in [6.45, 7) is 0.635. The van der Waals surface area contributed by atoms with Gasteiger partial charge >= 0.3 is 0 Å². The Morgan fingerprint density at radius 3 is 3.08 bits per heavy atom. The Morgan fingerprint density at radius 1 is 1.46 bits per heavy atom. The molecule has 4 nitrogen and oxygen atoms in total. The number of nitrogens with two attached hydrogens (primary N) is 1. The maximum atomic E-state index is 5.44. The predicted octanol–water partition coefficient (Wildman–Crippen LogP) is 0.993. The van der Waals surface area contributed by atoms with E-state index in [0.717, 1.165) is 22.1 Å². The Morgan fingerprint density at radius 2 is 2.31 bits per heavy atom. The lowest BCUT2D eigenvalue weighted by Gasteiger charge is -1.98. The maximum Gasteiger partial charge on any atom is 0.169 e. The predicted molar refractivity (Wildman–Crippen MR) is 53.4 cm³/mol. The number of fused-ring (bicyclic) bond motifs is 1. The molecule has 0 amide bonds. The molecular weight excluding hydrogens is 232 g/mol. The van der Waals surface area contributed by atoms with E-state index in [0.29, 0.717) is 6.54 Å². The first-order chi connectivity index (χ1) is 6.31.